The Balaban J connectivity index is 0.940. The molecule has 16 N–H and O–H groups in total. The van der Waals surface area contributed by atoms with Gasteiger partial charge < -0.3 is 124 Å². The van der Waals surface area contributed by atoms with E-state index in [1.807, 2.05) is 0 Å². The van der Waals surface area contributed by atoms with Crippen molar-refractivity contribution in [3.8, 4) is 28.7 Å². The number of hydrogen-bond donors (Lipinski definition) is 15. The third-order valence-electron chi connectivity index (χ3n) is 12.8. The number of phenols is 2. The van der Waals surface area contributed by atoms with Gasteiger partial charge in [0.15, 0.2) is 12.0 Å². The highest BCUT2D eigenvalue weighted by molar-refractivity contribution is 5.89. The van der Waals surface area contributed by atoms with Crippen LogP contribution in [0, 0.1) is 0 Å². The highest BCUT2D eigenvalue weighted by atomic mass is 16.7. The van der Waals surface area contributed by atoms with Gasteiger partial charge in [-0.25, -0.2) is 4.79 Å². The lowest BCUT2D eigenvalue weighted by molar-refractivity contribution is -0.325. The molecular weight excluding hydrogens is 968 g/mol. The van der Waals surface area contributed by atoms with Crippen molar-refractivity contribution < 1.29 is 129 Å². The summed E-state index contributed by atoms with van der Waals surface area (Å²) >= 11 is 0. The van der Waals surface area contributed by atoms with Crippen LogP contribution in [0.3, 0.4) is 0 Å². The summed E-state index contributed by atoms with van der Waals surface area (Å²) in [6.07, 6.45) is -32.2. The lowest BCUT2D eigenvalue weighted by atomic mass is 9.98. The first-order valence-electron chi connectivity index (χ1n) is 22.6. The number of aliphatic hydroxyl groups is 14. The van der Waals surface area contributed by atoms with Gasteiger partial charge in [0.1, 0.15) is 127 Å². The summed E-state index contributed by atoms with van der Waals surface area (Å²) in [6.45, 7) is -0.490. The molecule has 26 nitrogen and oxygen atoms in total. The highest BCUT2D eigenvalue weighted by Crippen LogP contribution is 2.46. The molecule has 0 spiro atoms. The highest BCUT2D eigenvalue weighted by Gasteiger charge is 2.50. The number of carbonyl (C=O) groups excluding carboxylic acids is 1. The summed E-state index contributed by atoms with van der Waals surface area (Å²) in [6, 6.07) is 13.2. The van der Waals surface area contributed by atoms with Gasteiger partial charge in [-0.15, -0.1) is 0 Å². The van der Waals surface area contributed by atoms with E-state index in [-0.39, 0.29) is 39.9 Å². The first-order chi connectivity index (χ1) is 34.2. The Hall–Kier alpha value is -5.05. The second-order valence-electron chi connectivity index (χ2n) is 17.8. The minimum absolute atomic E-state index is 0.0234. The van der Waals surface area contributed by atoms with Crippen LogP contribution in [0.15, 0.2) is 66.4 Å². The van der Waals surface area contributed by atoms with Gasteiger partial charge in [0, 0.05) is 12.1 Å². The number of esters is 1. The van der Waals surface area contributed by atoms with Crippen LogP contribution in [0.1, 0.15) is 34.5 Å². The number of ether oxygens (including phenoxy) is 10. The standard InChI is InChI=1S/C46H56O26/c1-16-29(50)33(54)37(58)43(65-16)64-15-28-32(53)36(57)40(61)46(72-28)69-25-12-22-23(49)10-21(11-24(22)68-41(25)17-2-6-19(48)7-3-17)67-45-39(60)35(56)31(52)27(71-45)14-63-42(62)18-4-8-20(9-5-18)66-44-38(59)34(55)30(51)26(13-47)70-44/h2-12,16,26-41,43-61H,13-15H2,1H3/p+1/t16-,26+,27+,28-,29-,30+,31+,32+,33+,34-,35-,36-,37-,38+,39+,40+,41?,43+,44+,45+,46+/m0/s1. The molecule has 0 aromatic heterocycles. The van der Waals surface area contributed by atoms with E-state index in [0.717, 1.165) is 6.07 Å². The van der Waals surface area contributed by atoms with Gasteiger partial charge in [-0.05, 0) is 55.5 Å². The number of aliphatic hydroxyl groups excluding tert-OH is 13. The predicted molar refractivity (Wildman–Crippen MR) is 233 cm³/mol. The minimum Gasteiger partial charge on any atom is -0.571 e. The summed E-state index contributed by atoms with van der Waals surface area (Å²) in [4.78, 5) is 13.0. The molecule has 0 aliphatic carbocycles. The van der Waals surface area contributed by atoms with Gasteiger partial charge in [0.25, 0.3) is 11.9 Å². The molecule has 0 saturated carbocycles. The Bertz CT molecular complexity index is 2330. The molecule has 5 heterocycles. The normalized spacial score (nSPS) is 38.9. The summed E-state index contributed by atoms with van der Waals surface area (Å²) < 4.78 is 55.5. The molecular formula is C46H57O26+. The first-order valence-corrected chi connectivity index (χ1v) is 22.6. The zero-order valence-electron chi connectivity index (χ0n) is 37.8. The number of aromatic hydroxyl groups is 3. The lowest BCUT2D eigenvalue weighted by Crippen LogP contribution is -2.61. The average Bonchev–Trinajstić information content (AvgIpc) is 3.37. The molecule has 3 aromatic carbocycles. The molecule has 0 bridgehead atoms. The smallest absolute Gasteiger partial charge is 0.338 e. The molecule has 3 aromatic rings. The fourth-order valence-electron chi connectivity index (χ4n) is 8.46. The molecule has 26 heteroatoms. The maximum atomic E-state index is 13.0. The second-order valence-corrected chi connectivity index (χ2v) is 17.8. The van der Waals surface area contributed by atoms with Crippen molar-refractivity contribution in [2.24, 2.45) is 0 Å². The maximum absolute atomic E-state index is 13.0. The van der Waals surface area contributed by atoms with E-state index < -0.39 is 160 Å². The quantitative estimate of drug-likeness (QED) is 0.0533. The largest absolute Gasteiger partial charge is 0.571 e. The van der Waals surface area contributed by atoms with E-state index >= 15 is 0 Å². The molecule has 4 saturated heterocycles. The third kappa shape index (κ3) is 11.1. The molecule has 8 rings (SSSR count). The maximum Gasteiger partial charge on any atom is 0.338 e. The SMILES string of the molecule is C[C@@H]1O[C@@H](OC[C@@H]2O[C@@H](OC3=Cc4c(O)cc(O[C@@H]5O[C@H](COC(=O)c6ccc(O[C@@H]7O[C@H](CO)[C@@H](O)[C@H](O)[C@H]7O)cc6)[C@@H](O)[C@H](O)[C@H]5O)cc4[OH+]C3c3ccc(O)cc3)[C@H](O)[C@@H](O)[C@@H]2O)[C@@H](O)[C@H](O)[C@H]1O. The van der Waals surface area contributed by atoms with Crippen molar-refractivity contribution in [2.45, 2.75) is 136 Å². The summed E-state index contributed by atoms with van der Waals surface area (Å²) in [5, 5.41) is 157. The van der Waals surface area contributed by atoms with Gasteiger partial charge in [0.2, 0.25) is 18.9 Å². The van der Waals surface area contributed by atoms with Crippen LogP contribution in [0.5, 0.6) is 28.7 Å². The Morgan fingerprint density at radius 1 is 0.556 bits per heavy atom. The van der Waals surface area contributed by atoms with Gasteiger partial charge in [-0.1, -0.05) is 0 Å². The molecule has 396 valence electrons. The van der Waals surface area contributed by atoms with E-state index in [2.05, 4.69) is 0 Å². The molecule has 5 aliphatic heterocycles. The number of benzene rings is 3. The molecule has 72 heavy (non-hydrogen) atoms. The molecule has 0 amide bonds. The van der Waals surface area contributed by atoms with Gasteiger partial charge in [-0.2, -0.15) is 0 Å². The van der Waals surface area contributed by atoms with E-state index in [0.29, 0.717) is 5.56 Å². The Kier molecular flexibility index (Phi) is 16.4. The van der Waals surface area contributed by atoms with Crippen molar-refractivity contribution in [1.82, 2.24) is 0 Å². The van der Waals surface area contributed by atoms with Crippen LogP contribution >= 0.6 is 0 Å². The number of fused-ring (bicyclic) bond motifs is 1. The number of rotatable bonds is 14. The van der Waals surface area contributed by atoms with Crippen molar-refractivity contribution in [1.29, 1.82) is 0 Å². The zero-order valence-corrected chi connectivity index (χ0v) is 37.8. The van der Waals surface area contributed by atoms with E-state index in [9.17, 15) is 81.4 Å². The Morgan fingerprint density at radius 3 is 1.67 bits per heavy atom. The van der Waals surface area contributed by atoms with Crippen molar-refractivity contribution in [3.63, 3.8) is 0 Å². The monoisotopic (exact) mass is 1030 g/mol. The number of phenolic OH excluding ortho intramolecular Hbond substituents is 2. The molecule has 5 aliphatic rings. The van der Waals surface area contributed by atoms with Crippen LogP contribution in [0.4, 0.5) is 0 Å². The summed E-state index contributed by atoms with van der Waals surface area (Å²) in [5.74, 6) is -1.68. The topological polar surface area (TPSA) is 416 Å². The molecule has 1 unspecified atom stereocenters. The summed E-state index contributed by atoms with van der Waals surface area (Å²) in [5.41, 5.74) is 0.378. The van der Waals surface area contributed by atoms with E-state index in [1.165, 1.54) is 67.6 Å². The average molecular weight is 1030 g/mol. The third-order valence-corrected chi connectivity index (χ3v) is 12.8. The minimum atomic E-state index is -1.90. The fraction of sp³-hybridized carbons (Fsp3) is 0.543. The second kappa shape index (κ2) is 22.2. The molecule has 4 fully saturated rings. The van der Waals surface area contributed by atoms with Crippen molar-refractivity contribution in [2.75, 3.05) is 19.8 Å². The van der Waals surface area contributed by atoms with Crippen LogP contribution < -0.4 is 9.47 Å². The summed E-state index contributed by atoms with van der Waals surface area (Å²) in [7, 11) is 0. The first kappa shape index (κ1) is 53.2. The Morgan fingerprint density at radius 2 is 1.07 bits per heavy atom. The van der Waals surface area contributed by atoms with Crippen molar-refractivity contribution in [3.05, 3.63) is 83.1 Å². The lowest BCUT2D eigenvalue weighted by Gasteiger charge is -2.42. The van der Waals surface area contributed by atoms with Crippen LogP contribution in [-0.2, 0) is 33.2 Å². The molecule has 0 radical (unpaired) electrons. The predicted octanol–water partition coefficient (Wildman–Crippen LogP) is -4.67. The van der Waals surface area contributed by atoms with Crippen LogP contribution in [-0.4, -0.2) is 230 Å². The molecule has 21 atom stereocenters. The number of carbonyl (C=O) groups is 1. The van der Waals surface area contributed by atoms with Crippen molar-refractivity contribution >= 4 is 12.0 Å². The number of hydrogen-bond acceptors (Lipinski definition) is 25. The Labute approximate surface area is 407 Å². The van der Waals surface area contributed by atoms with E-state index in [4.69, 9.17) is 47.4 Å². The van der Waals surface area contributed by atoms with Gasteiger partial charge >= 0.3 is 5.97 Å². The van der Waals surface area contributed by atoms with Gasteiger partial charge in [-0.3, -0.25) is 0 Å². The van der Waals surface area contributed by atoms with Crippen LogP contribution in [0.25, 0.3) is 6.08 Å². The van der Waals surface area contributed by atoms with Gasteiger partial charge in [0.05, 0.1) is 36.5 Å². The van der Waals surface area contributed by atoms with Crippen LogP contribution in [0.2, 0.25) is 0 Å². The fourth-order valence-corrected chi connectivity index (χ4v) is 8.46. The van der Waals surface area contributed by atoms with E-state index in [1.54, 1.807) is 0 Å². The zero-order chi connectivity index (χ0) is 51.9.